The fraction of sp³-hybridized carbons (Fsp3) is 0.556. The summed E-state index contributed by atoms with van der Waals surface area (Å²) in [6, 6.07) is 1.44. The smallest absolute Gasteiger partial charge is 0.410 e. The number of carbonyl (C=O) groups excluding carboxylic acids is 2. The third-order valence-electron chi connectivity index (χ3n) is 4.72. The molecule has 2 aliphatic rings. The van der Waals surface area contributed by atoms with Crippen molar-refractivity contribution in [1.29, 1.82) is 0 Å². The topological polar surface area (TPSA) is 86.8 Å². The van der Waals surface area contributed by atoms with Gasteiger partial charge in [-0.3, -0.25) is 20.5 Å². The van der Waals surface area contributed by atoms with Gasteiger partial charge in [-0.25, -0.2) is 9.78 Å². The van der Waals surface area contributed by atoms with Gasteiger partial charge in [0.15, 0.2) is 5.11 Å². The first kappa shape index (κ1) is 21.9. The first-order valence-corrected chi connectivity index (χ1v) is 10.4. The van der Waals surface area contributed by atoms with Gasteiger partial charge in [-0.15, -0.1) is 0 Å². The molecule has 0 aromatic carbocycles. The lowest BCUT2D eigenvalue weighted by atomic mass is 10.2. The van der Waals surface area contributed by atoms with Crippen molar-refractivity contribution < 1.29 is 14.3 Å². The lowest BCUT2D eigenvalue weighted by Gasteiger charge is -2.42. The van der Waals surface area contributed by atoms with E-state index in [1.54, 1.807) is 0 Å². The van der Waals surface area contributed by atoms with Crippen LogP contribution in [0.5, 0.6) is 0 Å². The Balaban J connectivity index is 1.56. The van der Waals surface area contributed by atoms with Crippen LogP contribution in [0, 0.1) is 0 Å². The number of aromatic nitrogens is 1. The van der Waals surface area contributed by atoms with Gasteiger partial charge in [0.1, 0.15) is 10.8 Å². The second-order valence-electron chi connectivity index (χ2n) is 8.05. The summed E-state index contributed by atoms with van der Waals surface area (Å²) in [5, 5.41) is 0.768. The Kier molecular flexibility index (Phi) is 6.40. The van der Waals surface area contributed by atoms with Gasteiger partial charge < -0.3 is 9.64 Å². The van der Waals surface area contributed by atoms with Crippen molar-refractivity contribution >= 4 is 52.5 Å². The minimum atomic E-state index is -0.535. The maximum absolute atomic E-state index is 12.5. The van der Waals surface area contributed by atoms with Gasteiger partial charge in [-0.05, 0) is 51.9 Å². The number of amides is 2. The van der Waals surface area contributed by atoms with Crippen LogP contribution in [0.2, 0.25) is 10.2 Å². The van der Waals surface area contributed by atoms with Gasteiger partial charge in [-0.2, -0.15) is 0 Å². The highest BCUT2D eigenvalue weighted by atomic mass is 35.5. The molecular weight excluding hydrogens is 437 g/mol. The Hall–Kier alpha value is -1.84. The number of thiocarbonyl (C=S) groups is 1. The second kappa shape index (κ2) is 8.49. The predicted molar refractivity (Wildman–Crippen MR) is 114 cm³/mol. The molecule has 2 N–H and O–H groups in total. The van der Waals surface area contributed by atoms with Crippen LogP contribution in [0.4, 0.5) is 4.79 Å². The van der Waals surface area contributed by atoms with E-state index in [4.69, 9.17) is 40.2 Å². The second-order valence-corrected chi connectivity index (χ2v) is 9.23. The number of nitrogens with one attached hydrogen (secondary N) is 2. The van der Waals surface area contributed by atoms with E-state index in [1.165, 1.54) is 12.3 Å². The van der Waals surface area contributed by atoms with Crippen molar-refractivity contribution in [1.82, 2.24) is 25.6 Å². The Labute approximate surface area is 184 Å². The van der Waals surface area contributed by atoms with Crippen molar-refractivity contribution in [3.05, 3.63) is 28.0 Å². The molecule has 2 unspecified atom stereocenters. The fourth-order valence-corrected chi connectivity index (χ4v) is 4.16. The summed E-state index contributed by atoms with van der Waals surface area (Å²) in [7, 11) is 0. The van der Waals surface area contributed by atoms with Crippen molar-refractivity contribution in [2.75, 3.05) is 13.1 Å². The number of hydrogen-bond acceptors (Lipinski definition) is 5. The number of piperazine rings is 1. The van der Waals surface area contributed by atoms with Gasteiger partial charge in [-0.1, -0.05) is 23.2 Å². The van der Waals surface area contributed by atoms with Crippen molar-refractivity contribution in [3.8, 4) is 0 Å². The zero-order valence-electron chi connectivity index (χ0n) is 16.4. The first-order valence-electron chi connectivity index (χ1n) is 9.23. The first-order chi connectivity index (χ1) is 13.5. The third-order valence-corrected chi connectivity index (χ3v) is 5.60. The highest BCUT2D eigenvalue weighted by molar-refractivity contribution is 7.80. The quantitative estimate of drug-likeness (QED) is 0.379. The van der Waals surface area contributed by atoms with Crippen LogP contribution in [0.3, 0.4) is 0 Å². The Morgan fingerprint density at radius 1 is 1.21 bits per heavy atom. The minimum absolute atomic E-state index is 0.0222. The normalized spacial score (nSPS) is 21.0. The van der Waals surface area contributed by atoms with Gasteiger partial charge in [0, 0.05) is 19.3 Å². The summed E-state index contributed by atoms with van der Waals surface area (Å²) >= 11 is 17.2. The van der Waals surface area contributed by atoms with Gasteiger partial charge in [0.2, 0.25) is 0 Å². The molecule has 8 nitrogen and oxygen atoms in total. The van der Waals surface area contributed by atoms with Crippen LogP contribution >= 0.6 is 35.4 Å². The molecule has 3 heterocycles. The van der Waals surface area contributed by atoms with E-state index in [0.29, 0.717) is 18.2 Å². The summed E-state index contributed by atoms with van der Waals surface area (Å²) in [6.07, 6.45) is 2.79. The van der Waals surface area contributed by atoms with Crippen LogP contribution in [-0.4, -0.2) is 62.7 Å². The molecule has 3 rings (SSSR count). The lowest BCUT2D eigenvalue weighted by molar-refractivity contribution is 0.00271. The van der Waals surface area contributed by atoms with E-state index in [9.17, 15) is 9.59 Å². The monoisotopic (exact) mass is 459 g/mol. The SMILES string of the molecule is CC(C)(C)OC(=O)N1C2CCC1CN(C(=S)NNC(=O)c1cnc(Cl)cc1Cl)C2. The number of pyridine rings is 1. The number of hydrogen-bond donors (Lipinski definition) is 2. The molecule has 2 atom stereocenters. The molecule has 2 saturated heterocycles. The highest BCUT2D eigenvalue weighted by Gasteiger charge is 2.44. The van der Waals surface area contributed by atoms with E-state index in [1.807, 2.05) is 30.6 Å². The molecule has 0 aliphatic carbocycles. The zero-order valence-corrected chi connectivity index (χ0v) is 18.7. The number of halogens is 2. The van der Waals surface area contributed by atoms with Gasteiger partial charge in [0.25, 0.3) is 5.91 Å². The third kappa shape index (κ3) is 5.21. The summed E-state index contributed by atoms with van der Waals surface area (Å²) in [6.45, 7) is 6.70. The van der Waals surface area contributed by atoms with Crippen LogP contribution in [0.15, 0.2) is 12.3 Å². The largest absolute Gasteiger partial charge is 0.444 e. The molecule has 0 saturated carbocycles. The lowest BCUT2D eigenvalue weighted by Crippen LogP contribution is -2.60. The van der Waals surface area contributed by atoms with Crippen LogP contribution in [0.1, 0.15) is 44.0 Å². The van der Waals surface area contributed by atoms with E-state index >= 15 is 0 Å². The van der Waals surface area contributed by atoms with Crippen LogP contribution in [0.25, 0.3) is 0 Å². The van der Waals surface area contributed by atoms with Gasteiger partial charge >= 0.3 is 6.09 Å². The summed E-state index contributed by atoms with van der Waals surface area (Å²) in [5.74, 6) is -0.475. The molecule has 29 heavy (non-hydrogen) atoms. The summed E-state index contributed by atoms with van der Waals surface area (Å²) in [4.78, 5) is 32.4. The van der Waals surface area contributed by atoms with Crippen LogP contribution in [-0.2, 0) is 4.74 Å². The van der Waals surface area contributed by atoms with E-state index in [0.717, 1.165) is 12.8 Å². The molecule has 158 valence electrons. The van der Waals surface area contributed by atoms with E-state index in [-0.39, 0.29) is 33.9 Å². The molecule has 2 bridgehead atoms. The highest BCUT2D eigenvalue weighted by Crippen LogP contribution is 2.31. The molecule has 2 fully saturated rings. The maximum atomic E-state index is 12.5. The average molecular weight is 460 g/mol. The summed E-state index contributed by atoms with van der Waals surface area (Å²) < 4.78 is 5.54. The molecule has 1 aromatic rings. The number of rotatable bonds is 1. The fourth-order valence-electron chi connectivity index (χ4n) is 3.51. The maximum Gasteiger partial charge on any atom is 0.410 e. The van der Waals surface area contributed by atoms with E-state index in [2.05, 4.69) is 15.8 Å². The molecule has 11 heteroatoms. The average Bonchev–Trinajstić information content (AvgIpc) is 2.88. The summed E-state index contributed by atoms with van der Waals surface area (Å²) in [5.41, 5.74) is 4.92. The molecule has 2 aliphatic heterocycles. The number of nitrogens with zero attached hydrogens (tertiary/aromatic N) is 3. The Morgan fingerprint density at radius 2 is 1.83 bits per heavy atom. The standard InChI is InChI=1S/C18H23Cl2N5O3S/c1-18(2,3)28-17(27)25-10-4-5-11(25)9-24(8-10)16(29)23-22-15(26)12-7-21-14(20)6-13(12)19/h6-7,10-11H,4-5,8-9H2,1-3H3,(H,22,26)(H,23,29). The number of fused-ring (bicyclic) bond motifs is 2. The molecular formula is C18H23Cl2N5O3S. The number of carbonyl (C=O) groups is 2. The van der Waals surface area contributed by atoms with E-state index < -0.39 is 11.5 Å². The van der Waals surface area contributed by atoms with Gasteiger partial charge in [0.05, 0.1) is 22.7 Å². The molecule has 0 radical (unpaired) electrons. The number of likely N-dealkylation sites (tertiary alicyclic amines) is 1. The number of ether oxygens (including phenoxy) is 1. The Morgan fingerprint density at radius 3 is 2.38 bits per heavy atom. The molecule has 1 aromatic heterocycles. The van der Waals surface area contributed by atoms with Crippen molar-refractivity contribution in [2.45, 2.75) is 51.3 Å². The van der Waals surface area contributed by atoms with Crippen molar-refractivity contribution in [2.24, 2.45) is 0 Å². The predicted octanol–water partition coefficient (Wildman–Crippen LogP) is 2.99. The Bertz CT molecular complexity index is 818. The molecule has 0 spiro atoms. The molecule has 2 amide bonds. The minimum Gasteiger partial charge on any atom is -0.444 e. The zero-order chi connectivity index (χ0) is 21.3. The number of hydrazine groups is 1. The van der Waals surface area contributed by atoms with Crippen LogP contribution < -0.4 is 10.9 Å². The van der Waals surface area contributed by atoms with Crippen molar-refractivity contribution in [3.63, 3.8) is 0 Å².